The fraction of sp³-hybridized carbons (Fsp3) is 0.267. The van der Waals surface area contributed by atoms with Crippen LogP contribution in [0.15, 0.2) is 57.0 Å². The van der Waals surface area contributed by atoms with Gasteiger partial charge in [0.1, 0.15) is 5.03 Å². The van der Waals surface area contributed by atoms with Crippen molar-refractivity contribution in [3.05, 3.63) is 52.6 Å². The average Bonchev–Trinajstić information content (AvgIpc) is 2.43. The summed E-state index contributed by atoms with van der Waals surface area (Å²) in [4.78, 5) is 5.62. The molecule has 2 aromatic rings. The summed E-state index contributed by atoms with van der Waals surface area (Å²) in [6, 6.07) is 12.4. The predicted molar refractivity (Wildman–Crippen MR) is 84.5 cm³/mol. The molecule has 0 saturated heterocycles. The molecular weight excluding hydrogens is 320 g/mol. The molecule has 2 nitrogen and oxygen atoms in total. The van der Waals surface area contributed by atoms with Gasteiger partial charge >= 0.3 is 0 Å². The van der Waals surface area contributed by atoms with Crippen LogP contribution in [0.4, 0.5) is 0 Å². The predicted octanol–water partition coefficient (Wildman–Crippen LogP) is 4.49. The van der Waals surface area contributed by atoms with Crippen LogP contribution in [0.3, 0.4) is 0 Å². The smallest absolute Gasteiger partial charge is 0.101 e. The van der Waals surface area contributed by atoms with Crippen molar-refractivity contribution in [3.8, 4) is 0 Å². The number of benzene rings is 1. The van der Waals surface area contributed by atoms with Gasteiger partial charge in [-0.3, -0.25) is 0 Å². The minimum absolute atomic E-state index is 0.891. The Hall–Kier alpha value is -0.840. The van der Waals surface area contributed by atoms with Crippen molar-refractivity contribution < 1.29 is 0 Å². The highest BCUT2D eigenvalue weighted by molar-refractivity contribution is 9.10. The molecule has 0 aliphatic rings. The van der Waals surface area contributed by atoms with Crippen LogP contribution in [0, 0.1) is 0 Å². The van der Waals surface area contributed by atoms with E-state index in [1.54, 1.807) is 11.8 Å². The Kier molecular flexibility index (Phi) is 5.89. The first kappa shape index (κ1) is 14.6. The first-order valence-electron chi connectivity index (χ1n) is 6.37. The van der Waals surface area contributed by atoms with Gasteiger partial charge in [0.25, 0.3) is 0 Å². The lowest BCUT2D eigenvalue weighted by atomic mass is 10.2. The number of nitrogens with one attached hydrogen (secondary N) is 1. The maximum absolute atomic E-state index is 4.36. The van der Waals surface area contributed by atoms with Gasteiger partial charge in [-0.2, -0.15) is 0 Å². The minimum Gasteiger partial charge on any atom is -0.313 e. The second-order valence-electron chi connectivity index (χ2n) is 4.20. The highest BCUT2D eigenvalue weighted by Crippen LogP contribution is 2.30. The molecule has 0 radical (unpaired) electrons. The van der Waals surface area contributed by atoms with E-state index >= 15 is 0 Å². The van der Waals surface area contributed by atoms with Gasteiger partial charge < -0.3 is 5.32 Å². The van der Waals surface area contributed by atoms with E-state index in [1.165, 1.54) is 10.5 Å². The summed E-state index contributed by atoms with van der Waals surface area (Å²) in [5, 5.41) is 4.48. The standard InChI is InChI=1S/C15H17BrN2S/c1-2-8-17-11-12-10-13(16)6-7-14(12)19-15-5-3-4-9-18-15/h3-7,9-10,17H,2,8,11H2,1H3. The van der Waals surface area contributed by atoms with Crippen LogP contribution in [0.5, 0.6) is 0 Å². The molecule has 0 aliphatic heterocycles. The number of rotatable bonds is 6. The fourth-order valence-electron chi connectivity index (χ4n) is 1.71. The second kappa shape index (κ2) is 7.68. The van der Waals surface area contributed by atoms with Gasteiger partial charge in [-0.25, -0.2) is 4.98 Å². The third-order valence-electron chi connectivity index (χ3n) is 2.62. The molecule has 0 spiro atoms. The summed E-state index contributed by atoms with van der Waals surface area (Å²) in [6.07, 6.45) is 2.98. The molecule has 100 valence electrons. The van der Waals surface area contributed by atoms with Crippen molar-refractivity contribution in [3.63, 3.8) is 0 Å². The number of aromatic nitrogens is 1. The minimum atomic E-state index is 0.891. The number of pyridine rings is 1. The lowest BCUT2D eigenvalue weighted by Crippen LogP contribution is -2.14. The monoisotopic (exact) mass is 336 g/mol. The molecule has 0 aliphatic carbocycles. The van der Waals surface area contributed by atoms with Gasteiger partial charge in [0.05, 0.1) is 0 Å². The van der Waals surface area contributed by atoms with Crippen molar-refractivity contribution in [1.82, 2.24) is 10.3 Å². The molecule has 0 bridgehead atoms. The van der Waals surface area contributed by atoms with Crippen molar-refractivity contribution in [2.24, 2.45) is 0 Å². The SMILES string of the molecule is CCCNCc1cc(Br)ccc1Sc1ccccn1. The maximum Gasteiger partial charge on any atom is 0.101 e. The molecule has 1 N–H and O–H groups in total. The largest absolute Gasteiger partial charge is 0.313 e. The summed E-state index contributed by atoms with van der Waals surface area (Å²) < 4.78 is 1.12. The second-order valence-corrected chi connectivity index (χ2v) is 6.18. The van der Waals surface area contributed by atoms with Gasteiger partial charge in [-0.1, -0.05) is 40.7 Å². The summed E-state index contributed by atoms with van der Waals surface area (Å²) in [6.45, 7) is 4.11. The molecule has 2 rings (SSSR count). The average molecular weight is 337 g/mol. The van der Waals surface area contributed by atoms with Gasteiger partial charge in [-0.15, -0.1) is 0 Å². The lowest BCUT2D eigenvalue weighted by Gasteiger charge is -2.10. The highest BCUT2D eigenvalue weighted by Gasteiger charge is 2.05. The van der Waals surface area contributed by atoms with Crippen molar-refractivity contribution >= 4 is 27.7 Å². The molecule has 1 aromatic carbocycles. The van der Waals surface area contributed by atoms with Crippen LogP contribution >= 0.6 is 27.7 Å². The normalized spacial score (nSPS) is 10.6. The van der Waals surface area contributed by atoms with Crippen LogP contribution in [0.2, 0.25) is 0 Å². The van der Waals surface area contributed by atoms with Crippen LogP contribution in [0.25, 0.3) is 0 Å². The summed E-state index contributed by atoms with van der Waals surface area (Å²) in [5.74, 6) is 0. The van der Waals surface area contributed by atoms with Crippen molar-refractivity contribution in [2.75, 3.05) is 6.54 Å². The summed E-state index contributed by atoms with van der Waals surface area (Å²) in [7, 11) is 0. The molecule has 4 heteroatoms. The zero-order valence-corrected chi connectivity index (χ0v) is 13.3. The quantitative estimate of drug-likeness (QED) is 0.786. The van der Waals surface area contributed by atoms with Crippen molar-refractivity contribution in [1.29, 1.82) is 0 Å². The molecule has 1 heterocycles. The molecular formula is C15H17BrN2S. The van der Waals surface area contributed by atoms with Gasteiger partial charge in [0.2, 0.25) is 0 Å². The molecule has 0 amide bonds. The molecule has 0 unspecified atom stereocenters. The van der Waals surface area contributed by atoms with Crippen LogP contribution in [0.1, 0.15) is 18.9 Å². The van der Waals surface area contributed by atoms with Gasteiger partial charge in [0.15, 0.2) is 0 Å². The number of hydrogen-bond donors (Lipinski definition) is 1. The Morgan fingerprint density at radius 2 is 2.16 bits per heavy atom. The van der Waals surface area contributed by atoms with E-state index < -0.39 is 0 Å². The third kappa shape index (κ3) is 4.64. The number of halogens is 1. The first-order chi connectivity index (χ1) is 9.29. The zero-order valence-electron chi connectivity index (χ0n) is 10.9. The molecule has 0 fully saturated rings. The van der Waals surface area contributed by atoms with Crippen molar-refractivity contribution in [2.45, 2.75) is 29.8 Å². The van der Waals surface area contributed by atoms with E-state index in [1.807, 2.05) is 24.4 Å². The Morgan fingerprint density at radius 1 is 1.26 bits per heavy atom. The van der Waals surface area contributed by atoms with E-state index in [0.717, 1.165) is 29.0 Å². The summed E-state index contributed by atoms with van der Waals surface area (Å²) >= 11 is 5.25. The zero-order chi connectivity index (χ0) is 13.5. The van der Waals surface area contributed by atoms with E-state index in [2.05, 4.69) is 51.4 Å². The number of hydrogen-bond acceptors (Lipinski definition) is 3. The van der Waals surface area contributed by atoms with E-state index in [9.17, 15) is 0 Å². The van der Waals surface area contributed by atoms with Crippen LogP contribution < -0.4 is 5.32 Å². The molecule has 0 saturated carbocycles. The summed E-state index contributed by atoms with van der Waals surface area (Å²) in [5.41, 5.74) is 1.30. The number of nitrogens with zero attached hydrogens (tertiary/aromatic N) is 1. The Labute approximate surface area is 127 Å². The lowest BCUT2D eigenvalue weighted by molar-refractivity contribution is 0.669. The van der Waals surface area contributed by atoms with Crippen LogP contribution in [-0.2, 0) is 6.54 Å². The topological polar surface area (TPSA) is 24.9 Å². The fourth-order valence-corrected chi connectivity index (χ4v) is 3.00. The Morgan fingerprint density at radius 3 is 2.89 bits per heavy atom. The molecule has 19 heavy (non-hydrogen) atoms. The van der Waals surface area contributed by atoms with E-state index in [0.29, 0.717) is 0 Å². The van der Waals surface area contributed by atoms with Gasteiger partial charge in [0, 0.05) is 22.1 Å². The molecule has 0 atom stereocenters. The first-order valence-corrected chi connectivity index (χ1v) is 7.98. The highest BCUT2D eigenvalue weighted by atomic mass is 79.9. The third-order valence-corrected chi connectivity index (χ3v) is 4.18. The molecule has 1 aromatic heterocycles. The van der Waals surface area contributed by atoms with E-state index in [4.69, 9.17) is 0 Å². The Balaban J connectivity index is 2.14. The van der Waals surface area contributed by atoms with Crippen LogP contribution in [-0.4, -0.2) is 11.5 Å². The maximum atomic E-state index is 4.36. The van der Waals surface area contributed by atoms with E-state index in [-0.39, 0.29) is 0 Å². The Bertz CT molecular complexity index is 517. The van der Waals surface area contributed by atoms with Gasteiger partial charge in [-0.05, 0) is 48.9 Å².